The summed E-state index contributed by atoms with van der Waals surface area (Å²) in [5.74, 6) is -0.170. The fourth-order valence-corrected chi connectivity index (χ4v) is 2.52. The molecule has 0 aliphatic carbocycles. The Kier molecular flexibility index (Phi) is 4.22. The van der Waals surface area contributed by atoms with Crippen molar-refractivity contribution in [3.63, 3.8) is 0 Å². The Bertz CT molecular complexity index is 797. The average molecular weight is 298 g/mol. The summed E-state index contributed by atoms with van der Waals surface area (Å²) in [4.78, 5) is 12.5. The zero-order chi connectivity index (χ0) is 15.5. The van der Waals surface area contributed by atoms with Crippen molar-refractivity contribution in [2.75, 3.05) is 13.2 Å². The number of hydrogen-bond donors (Lipinski definition) is 0. The van der Waals surface area contributed by atoms with E-state index in [-0.39, 0.29) is 5.78 Å². The van der Waals surface area contributed by atoms with E-state index in [2.05, 4.69) is 0 Å². The zero-order valence-electron chi connectivity index (χ0n) is 12.7. The second-order valence-electron chi connectivity index (χ2n) is 4.92. The Balaban J connectivity index is 2.03. The molecular weight excluding hydrogens is 280 g/mol. The first-order valence-corrected chi connectivity index (χ1v) is 7.43. The number of rotatable bonds is 6. The number of Topliss-reactive ketones (excluding diaryl/α,β-unsaturated/α-hetero) is 1. The van der Waals surface area contributed by atoms with Crippen molar-refractivity contribution in [3.8, 4) is 0 Å². The highest BCUT2D eigenvalue weighted by atomic mass is 16.7. The first-order valence-electron chi connectivity index (χ1n) is 7.43. The molecule has 0 N–H and O–H groups in total. The van der Waals surface area contributed by atoms with Crippen LogP contribution in [0.25, 0.3) is 21.9 Å². The minimum atomic E-state index is -0.856. The number of hydrogen-bond acceptors (Lipinski definition) is 4. The molecule has 0 bridgehead atoms. The molecule has 0 radical (unpaired) electrons. The van der Waals surface area contributed by atoms with Crippen molar-refractivity contribution in [3.05, 3.63) is 48.0 Å². The van der Waals surface area contributed by atoms with E-state index in [0.717, 1.165) is 21.9 Å². The van der Waals surface area contributed by atoms with Crippen LogP contribution < -0.4 is 0 Å². The average Bonchev–Trinajstić information content (AvgIpc) is 2.92. The molecular formula is C18H18O4. The fraction of sp³-hybridized carbons (Fsp3) is 0.278. The number of ketones is 1. The minimum absolute atomic E-state index is 0.170. The molecule has 0 amide bonds. The quantitative estimate of drug-likeness (QED) is 0.506. The molecule has 3 aromatic rings. The van der Waals surface area contributed by atoms with E-state index in [0.29, 0.717) is 18.8 Å². The van der Waals surface area contributed by atoms with Crippen LogP contribution in [0.15, 0.2) is 46.9 Å². The van der Waals surface area contributed by atoms with Gasteiger partial charge >= 0.3 is 0 Å². The molecule has 22 heavy (non-hydrogen) atoms. The van der Waals surface area contributed by atoms with Crippen LogP contribution in [0.5, 0.6) is 0 Å². The van der Waals surface area contributed by atoms with Gasteiger partial charge in [0.05, 0.1) is 0 Å². The fourth-order valence-electron chi connectivity index (χ4n) is 2.52. The van der Waals surface area contributed by atoms with E-state index in [4.69, 9.17) is 13.9 Å². The minimum Gasteiger partial charge on any atom is -0.456 e. The monoisotopic (exact) mass is 298 g/mol. The van der Waals surface area contributed by atoms with Gasteiger partial charge in [-0.3, -0.25) is 4.79 Å². The lowest BCUT2D eigenvalue weighted by Gasteiger charge is -2.15. The summed E-state index contributed by atoms with van der Waals surface area (Å²) in [6.45, 7) is 4.53. The maximum Gasteiger partial charge on any atom is 0.222 e. The number of ether oxygens (including phenoxy) is 2. The molecule has 0 saturated heterocycles. The van der Waals surface area contributed by atoms with E-state index in [1.165, 1.54) is 0 Å². The van der Waals surface area contributed by atoms with Gasteiger partial charge < -0.3 is 13.9 Å². The predicted molar refractivity (Wildman–Crippen MR) is 85.1 cm³/mol. The Morgan fingerprint density at radius 2 is 1.68 bits per heavy atom. The molecule has 2 aromatic carbocycles. The first kappa shape index (κ1) is 14.8. The standard InChI is InChI=1S/C18H18O4/c1-3-20-18(21-4-2)17(19)12-9-10-16-14(11-12)13-7-5-6-8-15(13)22-16/h5-11,18H,3-4H2,1-2H3. The van der Waals surface area contributed by atoms with Gasteiger partial charge in [-0.1, -0.05) is 18.2 Å². The van der Waals surface area contributed by atoms with E-state index < -0.39 is 6.29 Å². The lowest BCUT2D eigenvalue weighted by molar-refractivity contribution is -0.107. The summed E-state index contributed by atoms with van der Waals surface area (Å²) in [6.07, 6.45) is -0.856. The number of fused-ring (bicyclic) bond motifs is 3. The van der Waals surface area contributed by atoms with Crippen LogP contribution in [0, 0.1) is 0 Å². The van der Waals surface area contributed by atoms with Crippen molar-refractivity contribution in [2.24, 2.45) is 0 Å². The molecule has 3 rings (SSSR count). The number of carbonyl (C=O) groups excluding carboxylic acids is 1. The van der Waals surface area contributed by atoms with Crippen molar-refractivity contribution in [2.45, 2.75) is 20.1 Å². The van der Waals surface area contributed by atoms with Gasteiger partial charge in [-0.15, -0.1) is 0 Å². The third kappa shape index (κ3) is 2.63. The highest BCUT2D eigenvalue weighted by Crippen LogP contribution is 2.29. The summed E-state index contributed by atoms with van der Waals surface area (Å²) in [5, 5.41) is 1.92. The van der Waals surface area contributed by atoms with Gasteiger partial charge in [0.1, 0.15) is 11.2 Å². The van der Waals surface area contributed by atoms with Crippen LogP contribution in [0.2, 0.25) is 0 Å². The van der Waals surface area contributed by atoms with E-state index in [9.17, 15) is 4.79 Å². The lowest BCUT2D eigenvalue weighted by atomic mass is 10.1. The van der Waals surface area contributed by atoms with Gasteiger partial charge in [0.2, 0.25) is 12.1 Å². The zero-order valence-corrected chi connectivity index (χ0v) is 12.7. The number of carbonyl (C=O) groups is 1. The third-order valence-electron chi connectivity index (χ3n) is 3.51. The normalized spacial score (nSPS) is 11.6. The molecule has 0 atom stereocenters. The van der Waals surface area contributed by atoms with Crippen molar-refractivity contribution in [1.29, 1.82) is 0 Å². The third-order valence-corrected chi connectivity index (χ3v) is 3.51. The van der Waals surface area contributed by atoms with Crippen molar-refractivity contribution < 1.29 is 18.7 Å². The van der Waals surface area contributed by atoms with Gasteiger partial charge in [0.25, 0.3) is 0 Å². The maximum atomic E-state index is 12.5. The van der Waals surface area contributed by atoms with E-state index in [1.54, 1.807) is 6.07 Å². The van der Waals surface area contributed by atoms with E-state index >= 15 is 0 Å². The van der Waals surface area contributed by atoms with Gasteiger partial charge in [-0.25, -0.2) is 0 Å². The molecule has 1 aromatic heterocycles. The largest absolute Gasteiger partial charge is 0.456 e. The Labute approximate surface area is 128 Å². The SMILES string of the molecule is CCOC(OCC)C(=O)c1ccc2oc3ccccc3c2c1. The van der Waals surface area contributed by atoms with Crippen LogP contribution in [0.1, 0.15) is 24.2 Å². The molecule has 0 aliphatic rings. The van der Waals surface area contributed by atoms with E-state index in [1.807, 2.05) is 50.2 Å². The molecule has 1 heterocycles. The molecule has 114 valence electrons. The Hall–Kier alpha value is -2.17. The maximum absolute atomic E-state index is 12.5. The molecule has 4 nitrogen and oxygen atoms in total. The number of benzene rings is 2. The molecule has 4 heteroatoms. The molecule has 0 unspecified atom stereocenters. The van der Waals surface area contributed by atoms with Crippen molar-refractivity contribution in [1.82, 2.24) is 0 Å². The van der Waals surface area contributed by atoms with Crippen LogP contribution in [0.4, 0.5) is 0 Å². The highest BCUT2D eigenvalue weighted by Gasteiger charge is 2.21. The predicted octanol–water partition coefficient (Wildman–Crippen LogP) is 4.17. The first-order chi connectivity index (χ1) is 10.7. The summed E-state index contributed by atoms with van der Waals surface area (Å²) in [5.41, 5.74) is 2.14. The summed E-state index contributed by atoms with van der Waals surface area (Å²) in [6, 6.07) is 13.2. The second kappa shape index (κ2) is 6.30. The topological polar surface area (TPSA) is 48.7 Å². The molecule has 0 aliphatic heterocycles. The van der Waals surface area contributed by atoms with Gasteiger partial charge in [0, 0.05) is 29.5 Å². The van der Waals surface area contributed by atoms with Crippen LogP contribution in [-0.4, -0.2) is 25.3 Å². The van der Waals surface area contributed by atoms with Gasteiger partial charge in [-0.05, 0) is 38.1 Å². The Morgan fingerprint density at radius 1 is 1.00 bits per heavy atom. The molecule has 0 saturated carbocycles. The van der Waals surface area contributed by atoms with Crippen LogP contribution in [-0.2, 0) is 9.47 Å². The molecule has 0 fully saturated rings. The number of furan rings is 1. The molecule has 0 spiro atoms. The summed E-state index contributed by atoms with van der Waals surface area (Å²) < 4.78 is 16.5. The smallest absolute Gasteiger partial charge is 0.222 e. The van der Waals surface area contributed by atoms with Gasteiger partial charge in [-0.2, -0.15) is 0 Å². The lowest BCUT2D eigenvalue weighted by Crippen LogP contribution is -2.27. The summed E-state index contributed by atoms with van der Waals surface area (Å²) >= 11 is 0. The Morgan fingerprint density at radius 3 is 2.41 bits per heavy atom. The van der Waals surface area contributed by atoms with Gasteiger partial charge in [0.15, 0.2) is 0 Å². The van der Waals surface area contributed by atoms with Crippen molar-refractivity contribution >= 4 is 27.7 Å². The second-order valence-corrected chi connectivity index (χ2v) is 4.92. The van der Waals surface area contributed by atoms with Crippen LogP contribution >= 0.6 is 0 Å². The van der Waals surface area contributed by atoms with Crippen LogP contribution in [0.3, 0.4) is 0 Å². The highest BCUT2D eigenvalue weighted by molar-refractivity contribution is 6.09. The number of para-hydroxylation sites is 1. The summed E-state index contributed by atoms with van der Waals surface area (Å²) in [7, 11) is 0.